The molecule has 0 fully saturated rings. The Morgan fingerprint density at radius 3 is 1.07 bits per heavy atom. The number of hydrogen-bond donors (Lipinski definition) is 0. The second kappa shape index (κ2) is 10.8. The maximum atomic E-state index is 4.11. The van der Waals surface area contributed by atoms with Crippen molar-refractivity contribution in [3.63, 3.8) is 0 Å². The van der Waals surface area contributed by atoms with E-state index in [4.69, 9.17) is 0 Å². The molecule has 30 heavy (non-hydrogen) atoms. The predicted octanol–water partition coefficient (Wildman–Crippen LogP) is 9.68. The summed E-state index contributed by atoms with van der Waals surface area (Å²) in [7, 11) is -0.0792. The summed E-state index contributed by atoms with van der Waals surface area (Å²) in [5, 5.41) is 0. The fraction of sp³-hybridized carbons (Fsp3) is 0.786. The van der Waals surface area contributed by atoms with E-state index >= 15 is 0 Å². The third-order valence-corrected chi connectivity index (χ3v) is 12.9. The molecule has 0 aliphatic rings. The van der Waals surface area contributed by atoms with Crippen LogP contribution in [0.15, 0.2) is 6.07 Å². The molecule has 0 spiro atoms. The first-order chi connectivity index (χ1) is 13.5. The van der Waals surface area contributed by atoms with Crippen LogP contribution in [0.1, 0.15) is 119 Å². The quantitative estimate of drug-likeness (QED) is 0.274. The van der Waals surface area contributed by atoms with E-state index in [0.717, 1.165) is 22.6 Å². The van der Waals surface area contributed by atoms with Crippen molar-refractivity contribution in [1.29, 1.82) is 0 Å². The molecule has 0 unspecified atom stereocenters. The monoisotopic (exact) mass is 449 g/mol. The first-order valence-corrected chi connectivity index (χ1v) is 15.4. The molecular formula is C28H51P2-. The highest BCUT2D eigenvalue weighted by molar-refractivity contribution is 7.58. The van der Waals surface area contributed by atoms with Crippen LogP contribution in [0.4, 0.5) is 0 Å². The van der Waals surface area contributed by atoms with Gasteiger partial charge in [0, 0.05) is 0 Å². The van der Waals surface area contributed by atoms with Gasteiger partial charge < -0.3 is 0 Å². The minimum absolute atomic E-state index is 0.0396. The molecule has 0 nitrogen and oxygen atoms in total. The Hall–Kier alpha value is 0.0800. The normalized spacial score (nSPS) is 13.7. The van der Waals surface area contributed by atoms with Gasteiger partial charge in [0.25, 0.3) is 0 Å². The highest BCUT2D eigenvalue weighted by Crippen LogP contribution is 2.53. The Morgan fingerprint density at radius 2 is 0.867 bits per heavy atom. The van der Waals surface area contributed by atoms with E-state index in [0.29, 0.717) is 0 Å². The maximum Gasteiger partial charge on any atom is -0.0261 e. The van der Waals surface area contributed by atoms with Crippen molar-refractivity contribution in [1.82, 2.24) is 0 Å². The zero-order valence-corrected chi connectivity index (χ0v) is 24.5. The Balaban J connectivity index is 3.70. The molecule has 0 saturated carbocycles. The Kier molecular flexibility index (Phi) is 10.1. The van der Waals surface area contributed by atoms with Crippen LogP contribution in [0.2, 0.25) is 0 Å². The third-order valence-electron chi connectivity index (χ3n) is 6.19. The van der Waals surface area contributed by atoms with Gasteiger partial charge in [-0.3, -0.25) is 0 Å². The van der Waals surface area contributed by atoms with Gasteiger partial charge in [-0.25, -0.2) is 0 Å². The molecule has 0 aliphatic carbocycles. The van der Waals surface area contributed by atoms with E-state index in [-0.39, 0.29) is 26.7 Å². The van der Waals surface area contributed by atoms with E-state index < -0.39 is 0 Å². The van der Waals surface area contributed by atoms with E-state index in [1.165, 1.54) is 34.6 Å². The van der Waals surface area contributed by atoms with Gasteiger partial charge in [0.05, 0.1) is 0 Å². The predicted molar refractivity (Wildman–Crippen MR) is 144 cm³/mol. The second-order valence-electron chi connectivity index (χ2n) is 12.3. The maximum absolute atomic E-state index is 4.11. The molecule has 0 saturated heterocycles. The van der Waals surface area contributed by atoms with Crippen molar-refractivity contribution in [2.45, 2.75) is 143 Å². The molecule has 1 aromatic rings. The molecule has 0 aliphatic heterocycles. The molecule has 0 bridgehead atoms. The van der Waals surface area contributed by atoms with Crippen molar-refractivity contribution in [2.75, 3.05) is 0 Å². The summed E-state index contributed by atoms with van der Waals surface area (Å²) in [5.41, 5.74) is 9.44. The van der Waals surface area contributed by atoms with Gasteiger partial charge in [-0.1, -0.05) is 124 Å². The summed E-state index contributed by atoms with van der Waals surface area (Å²) in [4.78, 5) is 0. The largest absolute Gasteiger partial charge is 0.176 e. The smallest absolute Gasteiger partial charge is 0.0261 e. The van der Waals surface area contributed by atoms with Gasteiger partial charge in [0.15, 0.2) is 0 Å². The first-order valence-electron chi connectivity index (χ1n) is 12.1. The summed E-state index contributed by atoms with van der Waals surface area (Å²) in [6.07, 6.45) is 2.44. The van der Waals surface area contributed by atoms with E-state index in [9.17, 15) is 0 Å². The second-order valence-corrected chi connectivity index (χ2v) is 19.1. The van der Waals surface area contributed by atoms with Crippen LogP contribution in [0, 0.1) is 6.07 Å². The molecule has 174 valence electrons. The lowest BCUT2D eigenvalue weighted by Gasteiger charge is -2.40. The summed E-state index contributed by atoms with van der Waals surface area (Å²) < 4.78 is 0. The number of rotatable bonds is 8. The molecule has 1 aromatic carbocycles. The minimum atomic E-state index is -0.0396. The number of hydrogen-bond acceptors (Lipinski definition) is 0. The number of benzene rings is 1. The fourth-order valence-electron chi connectivity index (χ4n) is 4.51. The molecule has 0 atom stereocenters. The lowest BCUT2D eigenvalue weighted by molar-refractivity contribution is 0.561. The van der Waals surface area contributed by atoms with Gasteiger partial charge in [-0.2, -0.15) is 23.3 Å². The zero-order valence-electron chi connectivity index (χ0n) is 22.7. The van der Waals surface area contributed by atoms with Crippen molar-refractivity contribution >= 4 is 15.8 Å². The van der Waals surface area contributed by atoms with Crippen molar-refractivity contribution < 1.29 is 0 Å². The van der Waals surface area contributed by atoms with Gasteiger partial charge in [-0.15, -0.1) is 11.1 Å². The zero-order chi connectivity index (χ0) is 23.6. The summed E-state index contributed by atoms with van der Waals surface area (Å²) >= 11 is 0. The van der Waals surface area contributed by atoms with Crippen LogP contribution in [0.5, 0.6) is 0 Å². The molecule has 0 heterocycles. The Labute approximate surface area is 192 Å². The summed E-state index contributed by atoms with van der Waals surface area (Å²) in [6.45, 7) is 33.7. The van der Waals surface area contributed by atoms with Crippen molar-refractivity contribution in [3.8, 4) is 0 Å². The summed E-state index contributed by atoms with van der Waals surface area (Å²) in [6, 6.07) is 6.69. The van der Waals surface area contributed by atoms with E-state index in [1.807, 2.05) is 0 Å². The summed E-state index contributed by atoms with van der Waals surface area (Å²) in [5.74, 6) is 0. The topological polar surface area (TPSA) is 0 Å². The highest BCUT2D eigenvalue weighted by atomic mass is 31.1. The average molecular weight is 450 g/mol. The minimum Gasteiger partial charge on any atom is -0.176 e. The Bertz CT molecular complexity index is 598. The standard InChI is InChI=1S/C28H51P2/c1-19(2)29(20(3)4)17-23-15-24(18-30(21(5)6)22(7)8)26(28(12,13)14)16-25(23)27(9,10)11/h16,19-22H,17-18H2,1-14H3/q-1. The molecule has 0 N–H and O–H groups in total. The fourth-order valence-corrected chi connectivity index (χ4v) is 9.59. The van der Waals surface area contributed by atoms with Gasteiger partial charge in [0.1, 0.15) is 0 Å². The molecule has 0 radical (unpaired) electrons. The van der Waals surface area contributed by atoms with Crippen LogP contribution in [0.3, 0.4) is 0 Å². The van der Waals surface area contributed by atoms with Gasteiger partial charge >= 0.3 is 0 Å². The molecular weight excluding hydrogens is 398 g/mol. The van der Waals surface area contributed by atoms with Crippen LogP contribution in [-0.2, 0) is 23.2 Å². The lowest BCUT2D eigenvalue weighted by Crippen LogP contribution is -2.22. The highest BCUT2D eigenvalue weighted by Gasteiger charge is 2.24. The molecule has 2 heteroatoms. The molecule has 1 rings (SSSR count). The third kappa shape index (κ3) is 7.59. The lowest BCUT2D eigenvalue weighted by atomic mass is 9.77. The van der Waals surface area contributed by atoms with Crippen molar-refractivity contribution in [3.05, 3.63) is 34.4 Å². The molecule has 0 aromatic heterocycles. The van der Waals surface area contributed by atoms with E-state index in [2.05, 4.69) is 109 Å². The van der Waals surface area contributed by atoms with Crippen LogP contribution in [0.25, 0.3) is 0 Å². The van der Waals surface area contributed by atoms with Crippen LogP contribution >= 0.6 is 15.8 Å². The van der Waals surface area contributed by atoms with Gasteiger partial charge in [-0.05, 0) is 35.0 Å². The molecule has 0 amide bonds. The van der Waals surface area contributed by atoms with Crippen molar-refractivity contribution in [2.24, 2.45) is 0 Å². The first kappa shape index (κ1) is 28.1. The van der Waals surface area contributed by atoms with Crippen LogP contribution < -0.4 is 0 Å². The van der Waals surface area contributed by atoms with Gasteiger partial charge in [0.2, 0.25) is 0 Å². The van der Waals surface area contributed by atoms with Crippen LogP contribution in [-0.4, -0.2) is 22.6 Å². The average Bonchev–Trinajstić information content (AvgIpc) is 2.53. The SMILES string of the molecule is CC(C)P(Cc1[c-]c(CP(C(C)C)C(C)C)c(C(C)(C)C)cc1C(C)(C)C)C(C)C. The Morgan fingerprint density at radius 1 is 0.600 bits per heavy atom. The van der Waals surface area contributed by atoms with E-state index in [1.54, 1.807) is 0 Å².